The number of ether oxygens (including phenoxy) is 1. The molecule has 0 radical (unpaired) electrons. The van der Waals surface area contributed by atoms with Crippen LogP contribution in [0.25, 0.3) is 0 Å². The third-order valence-electron chi connectivity index (χ3n) is 4.39. The lowest BCUT2D eigenvalue weighted by Crippen LogP contribution is -2.31. The number of amides is 1. The van der Waals surface area contributed by atoms with Crippen LogP contribution in [0.4, 0.5) is 8.78 Å². The van der Waals surface area contributed by atoms with Gasteiger partial charge in [0, 0.05) is 26.1 Å². The fourth-order valence-corrected chi connectivity index (χ4v) is 3.94. The fourth-order valence-electron chi connectivity index (χ4n) is 2.90. The summed E-state index contributed by atoms with van der Waals surface area (Å²) >= 11 is 0. The van der Waals surface area contributed by atoms with Gasteiger partial charge >= 0.3 is 0 Å². The molecule has 1 fully saturated rings. The van der Waals surface area contributed by atoms with Gasteiger partial charge in [0.1, 0.15) is 0 Å². The van der Waals surface area contributed by atoms with Gasteiger partial charge in [-0.15, -0.1) is 0 Å². The number of nitrogens with one attached hydrogen (secondary N) is 2. The highest BCUT2D eigenvalue weighted by molar-refractivity contribution is 7.89. The molecule has 0 atom stereocenters. The van der Waals surface area contributed by atoms with Crippen molar-refractivity contribution in [2.75, 3.05) is 19.7 Å². The largest absolute Gasteiger partial charge is 0.378 e. The van der Waals surface area contributed by atoms with E-state index in [4.69, 9.17) is 4.74 Å². The van der Waals surface area contributed by atoms with Gasteiger partial charge < -0.3 is 10.1 Å². The SMILES string of the molecule is O=C(CCNS(=O)(=O)c1ccc(F)c(F)c1)NCCCOC1CCCCC1. The summed E-state index contributed by atoms with van der Waals surface area (Å²) in [5.74, 6) is -2.66. The van der Waals surface area contributed by atoms with E-state index in [0.29, 0.717) is 31.7 Å². The average Bonchev–Trinajstić information content (AvgIpc) is 2.64. The van der Waals surface area contributed by atoms with Crippen LogP contribution in [0.2, 0.25) is 0 Å². The van der Waals surface area contributed by atoms with Crippen molar-refractivity contribution in [1.82, 2.24) is 10.0 Å². The average molecular weight is 404 g/mol. The molecule has 0 unspecified atom stereocenters. The van der Waals surface area contributed by atoms with E-state index in [1.807, 2.05) is 0 Å². The second kappa shape index (κ2) is 10.7. The smallest absolute Gasteiger partial charge is 0.240 e. The number of hydrogen-bond donors (Lipinski definition) is 2. The Hall–Kier alpha value is -1.58. The fraction of sp³-hybridized carbons (Fsp3) is 0.611. The monoisotopic (exact) mass is 404 g/mol. The van der Waals surface area contributed by atoms with Gasteiger partial charge in [0.15, 0.2) is 11.6 Å². The highest BCUT2D eigenvalue weighted by Gasteiger charge is 2.17. The van der Waals surface area contributed by atoms with Crippen molar-refractivity contribution in [1.29, 1.82) is 0 Å². The Bertz CT molecular complexity index is 722. The maximum Gasteiger partial charge on any atom is 0.240 e. The van der Waals surface area contributed by atoms with Gasteiger partial charge in [-0.1, -0.05) is 19.3 Å². The molecule has 1 aromatic rings. The molecule has 0 aliphatic heterocycles. The van der Waals surface area contributed by atoms with Crippen molar-refractivity contribution >= 4 is 15.9 Å². The Labute approximate surface area is 158 Å². The van der Waals surface area contributed by atoms with Crippen LogP contribution in [0.15, 0.2) is 23.1 Å². The van der Waals surface area contributed by atoms with Crippen molar-refractivity contribution in [3.63, 3.8) is 0 Å². The lowest BCUT2D eigenvalue weighted by atomic mass is 9.98. The van der Waals surface area contributed by atoms with Crippen LogP contribution in [0.1, 0.15) is 44.9 Å². The Kier molecular flexibility index (Phi) is 8.59. The van der Waals surface area contributed by atoms with Gasteiger partial charge in [-0.25, -0.2) is 21.9 Å². The third kappa shape index (κ3) is 7.51. The number of carbonyl (C=O) groups is 1. The summed E-state index contributed by atoms with van der Waals surface area (Å²) in [5, 5.41) is 2.70. The zero-order valence-electron chi connectivity index (χ0n) is 15.2. The van der Waals surface area contributed by atoms with E-state index < -0.39 is 21.7 Å². The van der Waals surface area contributed by atoms with Crippen LogP contribution in [-0.2, 0) is 19.6 Å². The quantitative estimate of drug-likeness (QED) is 0.587. The summed E-state index contributed by atoms with van der Waals surface area (Å²) in [6, 6.07) is 2.31. The lowest BCUT2D eigenvalue weighted by molar-refractivity contribution is -0.121. The van der Waals surface area contributed by atoms with E-state index in [0.717, 1.165) is 25.0 Å². The van der Waals surface area contributed by atoms with Crippen LogP contribution in [0.3, 0.4) is 0 Å². The van der Waals surface area contributed by atoms with Crippen LogP contribution in [-0.4, -0.2) is 40.1 Å². The maximum absolute atomic E-state index is 13.1. The Morgan fingerprint density at radius 3 is 2.56 bits per heavy atom. The zero-order chi connectivity index (χ0) is 19.7. The molecule has 2 rings (SSSR count). The molecule has 1 amide bonds. The van der Waals surface area contributed by atoms with Crippen molar-refractivity contribution in [3.05, 3.63) is 29.8 Å². The summed E-state index contributed by atoms with van der Waals surface area (Å²) < 4.78 is 57.9. The van der Waals surface area contributed by atoms with Crippen LogP contribution < -0.4 is 10.0 Å². The van der Waals surface area contributed by atoms with E-state index in [1.54, 1.807) is 0 Å². The molecular weight excluding hydrogens is 378 g/mol. The van der Waals surface area contributed by atoms with E-state index in [9.17, 15) is 22.0 Å². The van der Waals surface area contributed by atoms with Crippen LogP contribution >= 0.6 is 0 Å². The Morgan fingerprint density at radius 2 is 1.85 bits per heavy atom. The molecule has 0 bridgehead atoms. The molecule has 0 heterocycles. The number of rotatable bonds is 10. The second-order valence-electron chi connectivity index (χ2n) is 6.56. The molecule has 6 nitrogen and oxygen atoms in total. The highest BCUT2D eigenvalue weighted by Crippen LogP contribution is 2.20. The minimum absolute atomic E-state index is 0.0492. The number of hydrogen-bond acceptors (Lipinski definition) is 4. The van der Waals surface area contributed by atoms with Crippen LogP contribution in [0.5, 0.6) is 0 Å². The molecule has 2 N–H and O–H groups in total. The predicted molar refractivity (Wildman–Crippen MR) is 96.6 cm³/mol. The normalized spacial score (nSPS) is 15.6. The molecule has 1 saturated carbocycles. The van der Waals surface area contributed by atoms with Crippen molar-refractivity contribution in [2.45, 2.75) is 55.9 Å². The number of halogens is 2. The van der Waals surface area contributed by atoms with Gasteiger partial charge in [0.25, 0.3) is 0 Å². The topological polar surface area (TPSA) is 84.5 Å². The highest BCUT2D eigenvalue weighted by atomic mass is 32.2. The van der Waals surface area contributed by atoms with Gasteiger partial charge in [0.2, 0.25) is 15.9 Å². The van der Waals surface area contributed by atoms with Crippen LogP contribution in [0, 0.1) is 11.6 Å². The van der Waals surface area contributed by atoms with Gasteiger partial charge in [-0.2, -0.15) is 0 Å². The van der Waals surface area contributed by atoms with E-state index >= 15 is 0 Å². The predicted octanol–water partition coefficient (Wildman–Crippen LogP) is 2.49. The molecule has 27 heavy (non-hydrogen) atoms. The Morgan fingerprint density at radius 1 is 1.11 bits per heavy atom. The standard InChI is InChI=1S/C18H26F2N2O4S/c19-16-8-7-15(13-17(16)20)27(24,25)22-11-9-18(23)21-10-4-12-26-14-5-2-1-3-6-14/h7-8,13-14,22H,1-6,9-12H2,(H,21,23). The number of sulfonamides is 1. The first-order valence-electron chi connectivity index (χ1n) is 9.21. The molecular formula is C18H26F2N2O4S. The zero-order valence-corrected chi connectivity index (χ0v) is 16.0. The molecule has 152 valence electrons. The first-order chi connectivity index (χ1) is 12.9. The first-order valence-corrected chi connectivity index (χ1v) is 10.7. The van der Waals surface area contributed by atoms with Gasteiger partial charge in [-0.05, 0) is 37.5 Å². The number of carbonyl (C=O) groups excluding carboxylic acids is 1. The first kappa shape index (κ1) is 21.7. The van der Waals surface area contributed by atoms with E-state index in [2.05, 4.69) is 10.0 Å². The van der Waals surface area contributed by atoms with Crippen molar-refractivity contribution in [2.24, 2.45) is 0 Å². The summed E-state index contributed by atoms with van der Waals surface area (Å²) in [6.45, 7) is 0.918. The van der Waals surface area contributed by atoms with E-state index in [-0.39, 0.29) is 23.8 Å². The summed E-state index contributed by atoms with van der Waals surface area (Å²) in [7, 11) is -3.99. The van der Waals surface area contributed by atoms with E-state index in [1.165, 1.54) is 19.3 Å². The van der Waals surface area contributed by atoms with Gasteiger partial charge in [0.05, 0.1) is 11.0 Å². The third-order valence-corrected chi connectivity index (χ3v) is 5.85. The molecule has 1 aromatic carbocycles. The summed E-state index contributed by atoms with van der Waals surface area (Å²) in [6.07, 6.45) is 6.88. The molecule has 0 saturated heterocycles. The minimum Gasteiger partial charge on any atom is -0.378 e. The van der Waals surface area contributed by atoms with Crippen molar-refractivity contribution in [3.8, 4) is 0 Å². The molecule has 1 aliphatic rings. The molecule has 0 spiro atoms. The van der Waals surface area contributed by atoms with Crippen molar-refractivity contribution < 1.29 is 26.7 Å². The molecule has 9 heteroatoms. The molecule has 0 aromatic heterocycles. The lowest BCUT2D eigenvalue weighted by Gasteiger charge is -2.21. The molecule has 1 aliphatic carbocycles. The second-order valence-corrected chi connectivity index (χ2v) is 8.32. The Balaban J connectivity index is 1.60. The minimum atomic E-state index is -3.99. The maximum atomic E-state index is 13.1. The number of benzene rings is 1. The summed E-state index contributed by atoms with van der Waals surface area (Å²) in [4.78, 5) is 11.3. The summed E-state index contributed by atoms with van der Waals surface area (Å²) in [5.41, 5.74) is 0. The van der Waals surface area contributed by atoms with Gasteiger partial charge in [-0.3, -0.25) is 4.79 Å².